The fourth-order valence-electron chi connectivity index (χ4n) is 3.02. The Morgan fingerprint density at radius 2 is 2.07 bits per heavy atom. The molecule has 1 aliphatic carbocycles. The number of rotatable bonds is 7. The summed E-state index contributed by atoms with van der Waals surface area (Å²) in [6, 6.07) is 4.78. The van der Waals surface area contributed by atoms with E-state index in [9.17, 15) is 13.2 Å². The molecule has 2 aliphatic rings. The number of nitrogens with one attached hydrogen (secondary N) is 1. The zero-order valence-corrected chi connectivity index (χ0v) is 18.0. The maximum Gasteiger partial charge on any atom is 0.250 e. The maximum absolute atomic E-state index is 13.0. The lowest BCUT2D eigenvalue weighted by Crippen LogP contribution is -2.40. The predicted molar refractivity (Wildman–Crippen MR) is 112 cm³/mol. The third-order valence-corrected chi connectivity index (χ3v) is 7.72. The standard InChI is InChI=1S/C19H22N4O5S2/c1-27-15-6-2-13(12-16(15)30(25,26)23-8-10-28-11-9-23)3-7-17(24)20-19-22-21-18(29-19)14-4-5-14/h2-3,6-7,12,14H,4-5,8-11H2,1H3,(H,20,22,24). The van der Waals surface area contributed by atoms with Gasteiger partial charge in [0.2, 0.25) is 21.1 Å². The van der Waals surface area contributed by atoms with Crippen LogP contribution in [0.5, 0.6) is 5.75 Å². The van der Waals surface area contributed by atoms with E-state index in [0.29, 0.717) is 42.9 Å². The van der Waals surface area contributed by atoms with Gasteiger partial charge in [0.05, 0.1) is 20.3 Å². The Kier molecular flexibility index (Phi) is 6.14. The molecule has 1 saturated carbocycles. The summed E-state index contributed by atoms with van der Waals surface area (Å²) < 4.78 is 37.9. The second kappa shape index (κ2) is 8.80. The minimum absolute atomic E-state index is 0.0626. The zero-order chi connectivity index (χ0) is 21.1. The molecule has 0 unspecified atom stereocenters. The average molecular weight is 451 g/mol. The van der Waals surface area contributed by atoms with E-state index in [1.54, 1.807) is 18.2 Å². The van der Waals surface area contributed by atoms with E-state index < -0.39 is 10.0 Å². The lowest BCUT2D eigenvalue weighted by molar-refractivity contribution is -0.111. The predicted octanol–water partition coefficient (Wildman–Crippen LogP) is 2.10. The lowest BCUT2D eigenvalue weighted by Gasteiger charge is -2.26. The number of morpholine rings is 1. The van der Waals surface area contributed by atoms with Crippen LogP contribution >= 0.6 is 11.3 Å². The van der Waals surface area contributed by atoms with Crippen LogP contribution in [0.4, 0.5) is 5.13 Å². The number of anilines is 1. The highest BCUT2D eigenvalue weighted by Crippen LogP contribution is 2.42. The average Bonchev–Trinajstić information content (AvgIpc) is 3.52. The van der Waals surface area contributed by atoms with Gasteiger partial charge in [-0.05, 0) is 36.6 Å². The summed E-state index contributed by atoms with van der Waals surface area (Å²) in [5.74, 6) is 0.376. The summed E-state index contributed by atoms with van der Waals surface area (Å²) in [4.78, 5) is 12.3. The lowest BCUT2D eigenvalue weighted by atomic mass is 10.2. The van der Waals surface area contributed by atoms with Gasteiger partial charge in [0.15, 0.2) is 0 Å². The van der Waals surface area contributed by atoms with Crippen molar-refractivity contribution in [3.05, 3.63) is 34.8 Å². The second-order valence-electron chi connectivity index (χ2n) is 6.97. The summed E-state index contributed by atoms with van der Waals surface area (Å²) in [6.45, 7) is 1.29. The number of carbonyl (C=O) groups excluding carboxylic acids is 1. The zero-order valence-electron chi connectivity index (χ0n) is 16.4. The fourth-order valence-corrected chi connectivity index (χ4v) is 5.54. The van der Waals surface area contributed by atoms with Crippen molar-refractivity contribution in [2.45, 2.75) is 23.7 Å². The van der Waals surface area contributed by atoms with Crippen molar-refractivity contribution in [2.24, 2.45) is 0 Å². The molecule has 160 valence electrons. The minimum atomic E-state index is -3.74. The van der Waals surface area contributed by atoms with Crippen LogP contribution in [0.2, 0.25) is 0 Å². The minimum Gasteiger partial charge on any atom is -0.495 e. The molecule has 1 saturated heterocycles. The Morgan fingerprint density at radius 3 is 2.77 bits per heavy atom. The summed E-state index contributed by atoms with van der Waals surface area (Å²) in [5, 5.41) is 12.2. The van der Waals surface area contributed by atoms with E-state index in [4.69, 9.17) is 9.47 Å². The smallest absolute Gasteiger partial charge is 0.250 e. The number of methoxy groups -OCH3 is 1. The van der Waals surface area contributed by atoms with Crippen LogP contribution in [0.1, 0.15) is 29.3 Å². The van der Waals surface area contributed by atoms with Crippen molar-refractivity contribution in [1.29, 1.82) is 0 Å². The molecule has 1 aliphatic heterocycles. The number of aromatic nitrogens is 2. The molecule has 0 radical (unpaired) electrons. The van der Waals surface area contributed by atoms with Crippen LogP contribution in [0.25, 0.3) is 6.08 Å². The van der Waals surface area contributed by atoms with Crippen LogP contribution in [-0.2, 0) is 19.6 Å². The normalized spacial score (nSPS) is 17.9. The van der Waals surface area contributed by atoms with Crippen LogP contribution in [0, 0.1) is 0 Å². The van der Waals surface area contributed by atoms with Gasteiger partial charge in [0, 0.05) is 25.1 Å². The molecule has 2 aromatic rings. The SMILES string of the molecule is COc1ccc(C=CC(=O)Nc2nnc(C3CC3)s2)cc1S(=O)(=O)N1CCOCC1. The van der Waals surface area contributed by atoms with Crippen molar-refractivity contribution in [3.8, 4) is 5.75 Å². The topological polar surface area (TPSA) is 111 Å². The number of ether oxygens (including phenoxy) is 2. The van der Waals surface area contributed by atoms with Crippen molar-refractivity contribution in [1.82, 2.24) is 14.5 Å². The summed E-state index contributed by atoms with van der Waals surface area (Å²) in [6.07, 6.45) is 5.13. The number of hydrogen-bond donors (Lipinski definition) is 1. The first kappa shape index (κ1) is 20.9. The first-order valence-electron chi connectivity index (χ1n) is 9.56. The van der Waals surface area contributed by atoms with E-state index in [0.717, 1.165) is 17.8 Å². The molecule has 2 fully saturated rings. The third-order valence-electron chi connectivity index (χ3n) is 4.80. The maximum atomic E-state index is 13.0. The molecule has 1 amide bonds. The molecule has 0 bridgehead atoms. The van der Waals surface area contributed by atoms with Gasteiger partial charge in [0.1, 0.15) is 15.7 Å². The first-order valence-corrected chi connectivity index (χ1v) is 11.8. The molecule has 0 atom stereocenters. The van der Waals surface area contributed by atoms with Gasteiger partial charge in [-0.1, -0.05) is 17.4 Å². The van der Waals surface area contributed by atoms with Gasteiger partial charge >= 0.3 is 0 Å². The summed E-state index contributed by atoms with van der Waals surface area (Å²) in [7, 11) is -2.31. The van der Waals surface area contributed by atoms with Gasteiger partial charge in [-0.25, -0.2) is 8.42 Å². The molecule has 9 nitrogen and oxygen atoms in total. The Bertz CT molecular complexity index is 1060. The van der Waals surface area contributed by atoms with E-state index in [2.05, 4.69) is 15.5 Å². The number of nitrogens with zero attached hydrogens (tertiary/aromatic N) is 3. The van der Waals surface area contributed by atoms with Crippen molar-refractivity contribution in [3.63, 3.8) is 0 Å². The van der Waals surface area contributed by atoms with Crippen LogP contribution in [0.3, 0.4) is 0 Å². The Labute approximate surface area is 178 Å². The molecule has 0 spiro atoms. The number of amides is 1. The highest BCUT2D eigenvalue weighted by Gasteiger charge is 2.29. The van der Waals surface area contributed by atoms with Gasteiger partial charge in [-0.15, -0.1) is 10.2 Å². The van der Waals surface area contributed by atoms with Gasteiger partial charge < -0.3 is 9.47 Å². The Balaban J connectivity index is 1.49. The molecule has 4 rings (SSSR count). The fraction of sp³-hybridized carbons (Fsp3) is 0.421. The molecular weight excluding hydrogens is 428 g/mol. The number of sulfonamides is 1. The van der Waals surface area contributed by atoms with E-state index >= 15 is 0 Å². The first-order chi connectivity index (χ1) is 14.5. The van der Waals surface area contributed by atoms with Gasteiger partial charge in [0.25, 0.3) is 0 Å². The molecule has 1 aromatic carbocycles. The van der Waals surface area contributed by atoms with Crippen molar-refractivity contribution in [2.75, 3.05) is 38.7 Å². The van der Waals surface area contributed by atoms with Crippen LogP contribution < -0.4 is 10.1 Å². The molecule has 30 heavy (non-hydrogen) atoms. The highest BCUT2D eigenvalue weighted by molar-refractivity contribution is 7.89. The number of carbonyl (C=O) groups is 1. The van der Waals surface area contributed by atoms with Crippen LogP contribution in [-0.4, -0.2) is 62.2 Å². The Hall–Kier alpha value is -2.34. The second-order valence-corrected chi connectivity index (χ2v) is 9.88. The quantitative estimate of drug-likeness (QED) is 0.643. The van der Waals surface area contributed by atoms with Gasteiger partial charge in [-0.3, -0.25) is 10.1 Å². The van der Waals surface area contributed by atoms with Gasteiger partial charge in [-0.2, -0.15) is 4.31 Å². The molecule has 1 N–H and O–H groups in total. The summed E-state index contributed by atoms with van der Waals surface area (Å²) >= 11 is 1.38. The largest absolute Gasteiger partial charge is 0.495 e. The number of benzene rings is 1. The van der Waals surface area contributed by atoms with Crippen molar-refractivity contribution < 1.29 is 22.7 Å². The monoisotopic (exact) mass is 450 g/mol. The molecular formula is C19H22N4O5S2. The molecule has 1 aromatic heterocycles. The van der Waals surface area contributed by atoms with E-state index in [-0.39, 0.29) is 16.6 Å². The molecule has 2 heterocycles. The van der Waals surface area contributed by atoms with E-state index in [1.165, 1.54) is 34.9 Å². The Morgan fingerprint density at radius 1 is 1.30 bits per heavy atom. The number of hydrogen-bond acceptors (Lipinski definition) is 8. The van der Waals surface area contributed by atoms with E-state index in [1.807, 2.05) is 0 Å². The molecule has 11 heteroatoms. The third kappa shape index (κ3) is 4.69. The van der Waals surface area contributed by atoms with Crippen molar-refractivity contribution >= 4 is 38.5 Å². The summed E-state index contributed by atoms with van der Waals surface area (Å²) in [5.41, 5.74) is 0.564. The highest BCUT2D eigenvalue weighted by atomic mass is 32.2. The van der Waals surface area contributed by atoms with Crippen LogP contribution in [0.15, 0.2) is 29.2 Å².